The molecule has 0 spiro atoms. The van der Waals surface area contributed by atoms with Gasteiger partial charge in [-0.1, -0.05) is 12.1 Å². The van der Waals surface area contributed by atoms with E-state index in [-0.39, 0.29) is 23.8 Å². The number of nitro groups is 1. The Morgan fingerprint density at radius 1 is 1.03 bits per heavy atom. The number of benzene rings is 3. The van der Waals surface area contributed by atoms with Gasteiger partial charge in [-0.05, 0) is 48.0 Å². The molecule has 0 atom stereocenters. The number of hydrogen-bond donors (Lipinski definition) is 1. The van der Waals surface area contributed by atoms with Crippen molar-refractivity contribution in [2.75, 3.05) is 43.6 Å². The van der Waals surface area contributed by atoms with Crippen molar-refractivity contribution in [3.8, 4) is 5.75 Å². The van der Waals surface area contributed by atoms with Crippen molar-refractivity contribution in [3.63, 3.8) is 0 Å². The van der Waals surface area contributed by atoms with Crippen LogP contribution < -0.4 is 15.0 Å². The van der Waals surface area contributed by atoms with Gasteiger partial charge in [0.15, 0.2) is 0 Å². The number of nitro benzene ring substituents is 1. The number of methoxy groups -OCH3 is 1. The first-order valence-electron chi connectivity index (χ1n) is 11.3. The minimum atomic E-state index is -0.665. The summed E-state index contributed by atoms with van der Waals surface area (Å²) in [6, 6.07) is 17.8. The van der Waals surface area contributed by atoms with Gasteiger partial charge in [-0.3, -0.25) is 14.9 Å². The van der Waals surface area contributed by atoms with E-state index < -0.39 is 10.9 Å². The molecule has 3 aromatic rings. The SMILES string of the molecule is COc1ccc(NC(=O)c2ccc(COC(=O)c3cc([N+](=O)[O-])ccc3N3CCOCC3)cc2)cc1. The van der Waals surface area contributed by atoms with E-state index in [1.54, 1.807) is 61.7 Å². The number of anilines is 2. The van der Waals surface area contributed by atoms with E-state index in [1.165, 1.54) is 12.1 Å². The van der Waals surface area contributed by atoms with Gasteiger partial charge in [-0.15, -0.1) is 0 Å². The number of nitrogens with zero attached hydrogens (tertiary/aromatic N) is 2. The molecule has 3 aromatic carbocycles. The number of esters is 1. The van der Waals surface area contributed by atoms with Crippen molar-refractivity contribution in [1.82, 2.24) is 0 Å². The van der Waals surface area contributed by atoms with Crippen LogP contribution in [0.5, 0.6) is 5.75 Å². The Balaban J connectivity index is 1.41. The molecule has 186 valence electrons. The monoisotopic (exact) mass is 491 g/mol. The van der Waals surface area contributed by atoms with Crippen LogP contribution in [0.2, 0.25) is 0 Å². The molecule has 1 saturated heterocycles. The lowest BCUT2D eigenvalue weighted by atomic mass is 10.1. The highest BCUT2D eigenvalue weighted by Crippen LogP contribution is 2.27. The van der Waals surface area contributed by atoms with Crippen molar-refractivity contribution in [2.24, 2.45) is 0 Å². The van der Waals surface area contributed by atoms with E-state index in [4.69, 9.17) is 14.2 Å². The second-order valence-corrected chi connectivity index (χ2v) is 8.01. The first kappa shape index (κ1) is 24.7. The molecular weight excluding hydrogens is 466 g/mol. The van der Waals surface area contributed by atoms with E-state index >= 15 is 0 Å². The molecule has 1 N–H and O–H groups in total. The van der Waals surface area contributed by atoms with Crippen molar-refractivity contribution in [3.05, 3.63) is 93.5 Å². The zero-order chi connectivity index (χ0) is 25.5. The summed E-state index contributed by atoms with van der Waals surface area (Å²) < 4.78 is 15.9. The highest BCUT2D eigenvalue weighted by atomic mass is 16.6. The van der Waals surface area contributed by atoms with Crippen LogP contribution in [0.3, 0.4) is 0 Å². The molecular formula is C26H25N3O7. The van der Waals surface area contributed by atoms with E-state index in [0.29, 0.717) is 54.6 Å². The largest absolute Gasteiger partial charge is 0.497 e. The quantitative estimate of drug-likeness (QED) is 0.285. The fourth-order valence-electron chi connectivity index (χ4n) is 3.74. The van der Waals surface area contributed by atoms with Gasteiger partial charge in [0.25, 0.3) is 11.6 Å². The second kappa shape index (κ2) is 11.3. The van der Waals surface area contributed by atoms with E-state index in [0.717, 1.165) is 0 Å². The predicted molar refractivity (Wildman–Crippen MR) is 133 cm³/mol. The molecule has 10 nitrogen and oxygen atoms in total. The normalized spacial score (nSPS) is 13.1. The molecule has 1 fully saturated rings. The molecule has 1 heterocycles. The van der Waals surface area contributed by atoms with Crippen LogP contribution >= 0.6 is 0 Å². The summed E-state index contributed by atoms with van der Waals surface area (Å²) in [5, 5.41) is 14.1. The van der Waals surface area contributed by atoms with Crippen molar-refractivity contribution < 1.29 is 28.7 Å². The third kappa shape index (κ3) is 5.97. The number of morpholine rings is 1. The Morgan fingerprint density at radius 2 is 1.72 bits per heavy atom. The van der Waals surface area contributed by atoms with E-state index in [1.807, 2.05) is 4.90 Å². The zero-order valence-corrected chi connectivity index (χ0v) is 19.6. The van der Waals surface area contributed by atoms with Gasteiger partial charge in [0.05, 0.1) is 36.5 Å². The summed E-state index contributed by atoms with van der Waals surface area (Å²) in [7, 11) is 1.57. The third-order valence-corrected chi connectivity index (χ3v) is 5.70. The van der Waals surface area contributed by atoms with Gasteiger partial charge < -0.3 is 24.4 Å². The van der Waals surface area contributed by atoms with Crippen LogP contribution in [0.4, 0.5) is 17.1 Å². The van der Waals surface area contributed by atoms with Crippen LogP contribution in [-0.4, -0.2) is 50.2 Å². The Bertz CT molecular complexity index is 1240. The van der Waals surface area contributed by atoms with E-state index in [2.05, 4.69) is 5.32 Å². The Morgan fingerprint density at radius 3 is 2.36 bits per heavy atom. The maximum atomic E-state index is 12.9. The molecule has 0 radical (unpaired) electrons. The Hall–Kier alpha value is -4.44. The molecule has 36 heavy (non-hydrogen) atoms. The number of nitrogens with one attached hydrogen (secondary N) is 1. The number of amides is 1. The Kier molecular flexibility index (Phi) is 7.76. The van der Waals surface area contributed by atoms with Crippen molar-refractivity contribution >= 4 is 28.9 Å². The molecule has 10 heteroatoms. The van der Waals surface area contributed by atoms with Gasteiger partial charge in [0, 0.05) is 36.5 Å². The number of carbonyl (C=O) groups is 2. The zero-order valence-electron chi connectivity index (χ0n) is 19.6. The first-order chi connectivity index (χ1) is 17.4. The third-order valence-electron chi connectivity index (χ3n) is 5.70. The number of rotatable bonds is 8. The summed E-state index contributed by atoms with van der Waals surface area (Å²) in [5.41, 5.74) is 2.25. The van der Waals surface area contributed by atoms with Crippen LogP contribution in [0.25, 0.3) is 0 Å². The lowest BCUT2D eigenvalue weighted by Crippen LogP contribution is -2.37. The van der Waals surface area contributed by atoms with Gasteiger partial charge in [0.1, 0.15) is 12.4 Å². The van der Waals surface area contributed by atoms with Gasteiger partial charge in [0.2, 0.25) is 0 Å². The number of non-ortho nitro benzene ring substituents is 1. The molecule has 0 bridgehead atoms. The molecule has 4 rings (SSSR count). The summed E-state index contributed by atoms with van der Waals surface area (Å²) in [5.74, 6) is -0.258. The molecule has 1 amide bonds. The van der Waals surface area contributed by atoms with Gasteiger partial charge in [-0.2, -0.15) is 0 Å². The molecule has 0 saturated carbocycles. The van der Waals surface area contributed by atoms with Crippen molar-refractivity contribution in [2.45, 2.75) is 6.61 Å². The summed E-state index contributed by atoms with van der Waals surface area (Å²) in [4.78, 5) is 38.1. The molecule has 1 aliphatic rings. The highest BCUT2D eigenvalue weighted by molar-refractivity contribution is 6.04. The lowest BCUT2D eigenvalue weighted by Gasteiger charge is -2.30. The topological polar surface area (TPSA) is 120 Å². The first-order valence-corrected chi connectivity index (χ1v) is 11.3. The smallest absolute Gasteiger partial charge is 0.340 e. The van der Waals surface area contributed by atoms with Gasteiger partial charge in [-0.25, -0.2) is 4.79 Å². The Labute approximate surface area is 207 Å². The molecule has 0 aromatic heterocycles. The van der Waals surface area contributed by atoms with Crippen LogP contribution in [0, 0.1) is 10.1 Å². The average Bonchev–Trinajstić information content (AvgIpc) is 2.92. The predicted octanol–water partition coefficient (Wildman–Crippen LogP) is 4.05. The fraction of sp³-hybridized carbons (Fsp3) is 0.231. The average molecular weight is 492 g/mol. The van der Waals surface area contributed by atoms with Crippen LogP contribution in [0.15, 0.2) is 66.7 Å². The summed E-state index contributed by atoms with van der Waals surface area (Å²) in [6.07, 6.45) is 0. The summed E-state index contributed by atoms with van der Waals surface area (Å²) >= 11 is 0. The van der Waals surface area contributed by atoms with Crippen molar-refractivity contribution in [1.29, 1.82) is 0 Å². The van der Waals surface area contributed by atoms with Crippen LogP contribution in [0.1, 0.15) is 26.3 Å². The number of hydrogen-bond acceptors (Lipinski definition) is 8. The maximum Gasteiger partial charge on any atom is 0.340 e. The molecule has 0 aliphatic carbocycles. The molecule has 1 aliphatic heterocycles. The van der Waals surface area contributed by atoms with E-state index in [9.17, 15) is 19.7 Å². The lowest BCUT2D eigenvalue weighted by molar-refractivity contribution is -0.384. The summed E-state index contributed by atoms with van der Waals surface area (Å²) in [6.45, 7) is 2.09. The number of ether oxygens (including phenoxy) is 3. The van der Waals surface area contributed by atoms with Gasteiger partial charge >= 0.3 is 5.97 Å². The fourth-order valence-corrected chi connectivity index (χ4v) is 3.74. The maximum absolute atomic E-state index is 12.9. The second-order valence-electron chi connectivity index (χ2n) is 8.01. The minimum Gasteiger partial charge on any atom is -0.497 e. The number of carbonyl (C=O) groups excluding carboxylic acids is 2. The highest BCUT2D eigenvalue weighted by Gasteiger charge is 2.23. The molecule has 0 unspecified atom stereocenters. The minimum absolute atomic E-state index is 0.0511. The standard InChI is InChI=1S/C26H25N3O7/c1-34-22-9-6-20(7-10-22)27-25(30)19-4-2-18(3-5-19)17-36-26(31)23-16-21(29(32)33)8-11-24(23)28-12-14-35-15-13-28/h2-11,16H,12-15,17H2,1H3,(H,27,30). The van der Waals surface area contributed by atoms with Crippen LogP contribution in [-0.2, 0) is 16.1 Å².